The van der Waals surface area contributed by atoms with Gasteiger partial charge in [0, 0.05) is 23.2 Å². The molecule has 3 rings (SSSR count). The van der Waals surface area contributed by atoms with E-state index in [0.717, 1.165) is 27.4 Å². The highest BCUT2D eigenvalue weighted by atomic mass is 16.4. The highest BCUT2D eigenvalue weighted by molar-refractivity contribution is 6.05. The van der Waals surface area contributed by atoms with Crippen LogP contribution in [0.3, 0.4) is 0 Å². The average Bonchev–Trinajstić information content (AvgIpc) is 2.38. The maximum atomic E-state index is 10.9. The first-order chi connectivity index (χ1) is 8.75. The van der Waals surface area contributed by atoms with Gasteiger partial charge < -0.3 is 5.11 Å². The average molecular weight is 238 g/mol. The third-order valence-electron chi connectivity index (χ3n) is 2.89. The van der Waals surface area contributed by atoms with E-state index in [4.69, 9.17) is 5.11 Å². The van der Waals surface area contributed by atoms with E-state index in [1.807, 2.05) is 30.3 Å². The fraction of sp³-hybridized carbons (Fsp3) is 0.0714. The van der Waals surface area contributed by atoms with E-state index < -0.39 is 5.97 Å². The van der Waals surface area contributed by atoms with Crippen LogP contribution in [0.5, 0.6) is 0 Å². The molecule has 0 radical (unpaired) electrons. The van der Waals surface area contributed by atoms with E-state index in [1.54, 1.807) is 12.4 Å². The Hall–Kier alpha value is -2.49. The van der Waals surface area contributed by atoms with Crippen LogP contribution in [0.2, 0.25) is 0 Å². The van der Waals surface area contributed by atoms with Gasteiger partial charge in [0.2, 0.25) is 0 Å². The molecule has 0 aliphatic carbocycles. The van der Waals surface area contributed by atoms with Crippen LogP contribution in [0.15, 0.2) is 42.7 Å². The number of rotatable bonds is 2. The molecule has 4 nitrogen and oxygen atoms in total. The van der Waals surface area contributed by atoms with E-state index in [0.29, 0.717) is 0 Å². The maximum Gasteiger partial charge on any atom is 0.307 e. The van der Waals surface area contributed by atoms with Gasteiger partial charge in [0.05, 0.1) is 17.5 Å². The number of nitrogens with zero attached hydrogens (tertiary/aromatic N) is 2. The van der Waals surface area contributed by atoms with Crippen molar-refractivity contribution in [3.63, 3.8) is 0 Å². The molecule has 0 spiro atoms. The summed E-state index contributed by atoms with van der Waals surface area (Å²) >= 11 is 0. The summed E-state index contributed by atoms with van der Waals surface area (Å²) in [6, 6.07) is 9.32. The van der Waals surface area contributed by atoms with Crippen LogP contribution in [-0.2, 0) is 11.2 Å². The summed E-state index contributed by atoms with van der Waals surface area (Å²) in [6.07, 6.45) is 3.40. The number of hydrogen-bond acceptors (Lipinski definition) is 3. The minimum atomic E-state index is -0.844. The number of carboxylic acids is 1. The Bertz CT molecular complexity index is 753. The molecule has 2 heterocycles. The predicted octanol–water partition coefficient (Wildman–Crippen LogP) is 2.41. The Morgan fingerprint density at radius 2 is 1.83 bits per heavy atom. The quantitative estimate of drug-likeness (QED) is 0.696. The number of carbonyl (C=O) groups is 1. The zero-order chi connectivity index (χ0) is 12.5. The summed E-state index contributed by atoms with van der Waals surface area (Å²) in [6.45, 7) is 0. The van der Waals surface area contributed by atoms with Crippen LogP contribution in [0, 0.1) is 0 Å². The zero-order valence-corrected chi connectivity index (χ0v) is 9.50. The fourth-order valence-electron chi connectivity index (χ4n) is 2.16. The minimum Gasteiger partial charge on any atom is -0.481 e. The summed E-state index contributed by atoms with van der Waals surface area (Å²) in [5.41, 5.74) is 2.33. The molecule has 2 aromatic heterocycles. The SMILES string of the molecule is O=C(O)Cc1cc2cccnc2c2ncccc12. The van der Waals surface area contributed by atoms with Crippen LogP contribution in [0.4, 0.5) is 0 Å². The van der Waals surface area contributed by atoms with E-state index in [9.17, 15) is 4.79 Å². The Labute approximate surface area is 103 Å². The smallest absolute Gasteiger partial charge is 0.307 e. The highest BCUT2D eigenvalue weighted by Gasteiger charge is 2.10. The molecule has 4 heteroatoms. The molecule has 18 heavy (non-hydrogen) atoms. The lowest BCUT2D eigenvalue weighted by atomic mass is 10.0. The number of pyridine rings is 2. The first-order valence-electron chi connectivity index (χ1n) is 5.59. The van der Waals surface area contributed by atoms with E-state index in [1.165, 1.54) is 0 Å². The van der Waals surface area contributed by atoms with Crippen LogP contribution in [0.25, 0.3) is 21.8 Å². The first-order valence-corrected chi connectivity index (χ1v) is 5.59. The zero-order valence-electron chi connectivity index (χ0n) is 9.50. The molecule has 0 atom stereocenters. The number of carboxylic acid groups (broad SMARTS) is 1. The van der Waals surface area contributed by atoms with Crippen molar-refractivity contribution >= 4 is 27.8 Å². The molecule has 1 N–H and O–H groups in total. The molecule has 88 valence electrons. The Morgan fingerprint density at radius 1 is 1.11 bits per heavy atom. The number of aromatic nitrogens is 2. The molecule has 3 aromatic rings. The molecule has 0 aliphatic heterocycles. The minimum absolute atomic E-state index is 0.00692. The lowest BCUT2D eigenvalue weighted by Gasteiger charge is -2.07. The topological polar surface area (TPSA) is 63.1 Å². The second kappa shape index (κ2) is 4.07. The Morgan fingerprint density at radius 3 is 2.61 bits per heavy atom. The van der Waals surface area contributed by atoms with Gasteiger partial charge in [-0.1, -0.05) is 12.1 Å². The molecule has 0 aliphatic rings. The van der Waals surface area contributed by atoms with Gasteiger partial charge in [-0.2, -0.15) is 0 Å². The molecular formula is C14H10N2O2. The van der Waals surface area contributed by atoms with E-state index in [2.05, 4.69) is 9.97 Å². The predicted molar refractivity (Wildman–Crippen MR) is 68.4 cm³/mol. The summed E-state index contributed by atoms with van der Waals surface area (Å²) in [7, 11) is 0. The van der Waals surface area contributed by atoms with Crippen LogP contribution >= 0.6 is 0 Å². The van der Waals surface area contributed by atoms with Crippen molar-refractivity contribution in [1.82, 2.24) is 9.97 Å². The van der Waals surface area contributed by atoms with Gasteiger partial charge in [-0.25, -0.2) is 0 Å². The van der Waals surface area contributed by atoms with Gasteiger partial charge in [-0.15, -0.1) is 0 Å². The Balaban J connectivity index is 2.42. The largest absolute Gasteiger partial charge is 0.481 e. The van der Waals surface area contributed by atoms with Crippen molar-refractivity contribution < 1.29 is 9.90 Å². The first kappa shape index (κ1) is 10.7. The molecule has 0 amide bonds. The third-order valence-corrected chi connectivity index (χ3v) is 2.89. The number of fused-ring (bicyclic) bond motifs is 3. The van der Waals surface area contributed by atoms with Crippen LogP contribution < -0.4 is 0 Å². The van der Waals surface area contributed by atoms with Crippen molar-refractivity contribution in [2.24, 2.45) is 0 Å². The van der Waals surface area contributed by atoms with E-state index >= 15 is 0 Å². The summed E-state index contributed by atoms with van der Waals surface area (Å²) < 4.78 is 0. The molecule has 0 saturated carbocycles. The normalized spacial score (nSPS) is 10.9. The molecule has 0 unspecified atom stereocenters. The highest BCUT2D eigenvalue weighted by Crippen LogP contribution is 2.25. The molecule has 0 saturated heterocycles. The third kappa shape index (κ3) is 1.68. The van der Waals surface area contributed by atoms with Gasteiger partial charge in [-0.05, 0) is 23.8 Å². The molecule has 0 bridgehead atoms. The number of benzene rings is 1. The second-order valence-electron chi connectivity index (χ2n) is 4.08. The lowest BCUT2D eigenvalue weighted by Crippen LogP contribution is -2.01. The second-order valence-corrected chi connectivity index (χ2v) is 4.08. The summed E-state index contributed by atoms with van der Waals surface area (Å²) in [5, 5.41) is 10.7. The van der Waals surface area contributed by atoms with Gasteiger partial charge in [0.25, 0.3) is 0 Å². The van der Waals surface area contributed by atoms with Crippen molar-refractivity contribution in [3.8, 4) is 0 Å². The van der Waals surface area contributed by atoms with Crippen LogP contribution in [-0.4, -0.2) is 21.0 Å². The maximum absolute atomic E-state index is 10.9. The molecule has 0 fully saturated rings. The summed E-state index contributed by atoms with van der Waals surface area (Å²) in [4.78, 5) is 19.6. The van der Waals surface area contributed by atoms with Crippen molar-refractivity contribution in [2.45, 2.75) is 6.42 Å². The lowest BCUT2D eigenvalue weighted by molar-refractivity contribution is -0.136. The molecule has 1 aromatic carbocycles. The van der Waals surface area contributed by atoms with Crippen LogP contribution in [0.1, 0.15) is 5.56 Å². The monoisotopic (exact) mass is 238 g/mol. The van der Waals surface area contributed by atoms with Gasteiger partial charge in [-0.3, -0.25) is 14.8 Å². The van der Waals surface area contributed by atoms with E-state index in [-0.39, 0.29) is 6.42 Å². The van der Waals surface area contributed by atoms with Crippen molar-refractivity contribution in [2.75, 3.05) is 0 Å². The van der Waals surface area contributed by atoms with Crippen molar-refractivity contribution in [3.05, 3.63) is 48.3 Å². The summed E-state index contributed by atoms with van der Waals surface area (Å²) in [5.74, 6) is -0.844. The van der Waals surface area contributed by atoms with Gasteiger partial charge >= 0.3 is 5.97 Å². The van der Waals surface area contributed by atoms with Crippen molar-refractivity contribution in [1.29, 1.82) is 0 Å². The fourth-order valence-corrected chi connectivity index (χ4v) is 2.16. The number of aliphatic carboxylic acids is 1. The number of hydrogen-bond donors (Lipinski definition) is 1. The van der Waals surface area contributed by atoms with Gasteiger partial charge in [0.15, 0.2) is 0 Å². The van der Waals surface area contributed by atoms with Gasteiger partial charge in [0.1, 0.15) is 0 Å². The Kier molecular flexibility index (Phi) is 2.41. The standard InChI is InChI=1S/C14H10N2O2/c17-12(18)8-10-7-9-3-1-5-15-13(9)14-11(10)4-2-6-16-14/h1-7H,8H2,(H,17,18). The molecular weight excluding hydrogens is 228 g/mol.